The van der Waals surface area contributed by atoms with Crippen LogP contribution >= 0.6 is 11.6 Å². The van der Waals surface area contributed by atoms with Gasteiger partial charge in [-0.05, 0) is 23.8 Å². The maximum Gasteiger partial charge on any atom is 0.269 e. The standard InChI is InChI=1S/C14H12ClN3O3/c15-12-5-4-10(7-13(12)16)14(19)17-8-9-2-1-3-11(6-9)18(20)21/h1-7H,8,16H2,(H,17,19). The minimum atomic E-state index is -0.481. The van der Waals surface area contributed by atoms with E-state index in [1.807, 2.05) is 0 Å². The van der Waals surface area contributed by atoms with Gasteiger partial charge in [0, 0.05) is 24.2 Å². The topological polar surface area (TPSA) is 98.3 Å². The Labute approximate surface area is 125 Å². The molecule has 6 nitrogen and oxygen atoms in total. The number of amides is 1. The van der Waals surface area contributed by atoms with Crippen molar-refractivity contribution >= 4 is 28.9 Å². The number of hydrogen-bond donors (Lipinski definition) is 2. The molecule has 0 fully saturated rings. The number of carbonyl (C=O) groups excluding carboxylic acids is 1. The van der Waals surface area contributed by atoms with E-state index in [1.54, 1.807) is 24.3 Å². The molecule has 0 radical (unpaired) electrons. The zero-order valence-corrected chi connectivity index (χ0v) is 11.6. The zero-order chi connectivity index (χ0) is 15.4. The maximum atomic E-state index is 12.0. The van der Waals surface area contributed by atoms with Crippen LogP contribution in [0.5, 0.6) is 0 Å². The molecular weight excluding hydrogens is 294 g/mol. The summed E-state index contributed by atoms with van der Waals surface area (Å²) >= 11 is 5.78. The molecule has 0 unspecified atom stereocenters. The van der Waals surface area contributed by atoms with Crippen LogP contribution in [0, 0.1) is 10.1 Å². The first-order chi connectivity index (χ1) is 9.97. The lowest BCUT2D eigenvalue weighted by Crippen LogP contribution is -2.22. The third-order valence-corrected chi connectivity index (χ3v) is 3.18. The number of nitro groups is 1. The normalized spacial score (nSPS) is 10.1. The van der Waals surface area contributed by atoms with Gasteiger partial charge in [0.2, 0.25) is 0 Å². The van der Waals surface area contributed by atoms with Gasteiger partial charge in [-0.1, -0.05) is 23.7 Å². The minimum Gasteiger partial charge on any atom is -0.398 e. The SMILES string of the molecule is Nc1cc(C(=O)NCc2cccc([N+](=O)[O-])c2)ccc1Cl. The summed E-state index contributed by atoms with van der Waals surface area (Å²) in [6.07, 6.45) is 0. The molecular formula is C14H12ClN3O3. The van der Waals surface area contributed by atoms with Crippen LogP contribution in [0.2, 0.25) is 5.02 Å². The molecule has 0 saturated carbocycles. The molecule has 0 aliphatic rings. The van der Waals surface area contributed by atoms with E-state index in [0.29, 0.717) is 21.8 Å². The first kappa shape index (κ1) is 14.8. The molecule has 0 aromatic heterocycles. The van der Waals surface area contributed by atoms with Crippen LogP contribution in [0.1, 0.15) is 15.9 Å². The highest BCUT2D eigenvalue weighted by atomic mass is 35.5. The molecule has 1 amide bonds. The number of benzene rings is 2. The van der Waals surface area contributed by atoms with Gasteiger partial charge in [-0.3, -0.25) is 14.9 Å². The lowest BCUT2D eigenvalue weighted by molar-refractivity contribution is -0.384. The van der Waals surface area contributed by atoms with Gasteiger partial charge >= 0.3 is 0 Å². The van der Waals surface area contributed by atoms with E-state index >= 15 is 0 Å². The van der Waals surface area contributed by atoms with Crippen LogP contribution in [0.4, 0.5) is 11.4 Å². The van der Waals surface area contributed by atoms with E-state index in [0.717, 1.165) is 0 Å². The fourth-order valence-corrected chi connectivity index (χ4v) is 1.87. The summed E-state index contributed by atoms with van der Waals surface area (Å²) in [7, 11) is 0. The van der Waals surface area contributed by atoms with Crippen molar-refractivity contribution in [3.8, 4) is 0 Å². The Morgan fingerprint density at radius 1 is 1.29 bits per heavy atom. The highest BCUT2D eigenvalue weighted by molar-refractivity contribution is 6.33. The molecule has 108 valence electrons. The molecule has 3 N–H and O–H groups in total. The Morgan fingerprint density at radius 2 is 2.05 bits per heavy atom. The number of nitrogens with two attached hydrogens (primary N) is 1. The third kappa shape index (κ3) is 3.70. The predicted molar refractivity (Wildman–Crippen MR) is 80.1 cm³/mol. The Balaban J connectivity index is 2.05. The first-order valence-electron chi connectivity index (χ1n) is 6.04. The smallest absolute Gasteiger partial charge is 0.269 e. The third-order valence-electron chi connectivity index (χ3n) is 2.83. The van der Waals surface area contributed by atoms with E-state index in [-0.39, 0.29) is 18.1 Å². The highest BCUT2D eigenvalue weighted by Crippen LogP contribution is 2.19. The van der Waals surface area contributed by atoms with Gasteiger partial charge in [-0.15, -0.1) is 0 Å². The summed E-state index contributed by atoms with van der Waals surface area (Å²) in [4.78, 5) is 22.1. The van der Waals surface area contributed by atoms with Crippen LogP contribution in [-0.2, 0) is 6.54 Å². The van der Waals surface area contributed by atoms with Crippen molar-refractivity contribution in [2.75, 3.05) is 5.73 Å². The molecule has 7 heteroatoms. The number of carbonyl (C=O) groups is 1. The van der Waals surface area contributed by atoms with Crippen LogP contribution in [0.25, 0.3) is 0 Å². The van der Waals surface area contributed by atoms with Crippen molar-refractivity contribution in [2.24, 2.45) is 0 Å². The van der Waals surface area contributed by atoms with Crippen molar-refractivity contribution in [1.29, 1.82) is 0 Å². The minimum absolute atomic E-state index is 0.0162. The molecule has 0 bridgehead atoms. The van der Waals surface area contributed by atoms with Crippen molar-refractivity contribution in [2.45, 2.75) is 6.54 Å². The second-order valence-electron chi connectivity index (χ2n) is 4.35. The Morgan fingerprint density at radius 3 is 2.71 bits per heavy atom. The van der Waals surface area contributed by atoms with Gasteiger partial charge in [-0.2, -0.15) is 0 Å². The molecule has 0 heterocycles. The molecule has 2 aromatic rings. The van der Waals surface area contributed by atoms with Gasteiger partial charge in [0.15, 0.2) is 0 Å². The number of non-ortho nitro benzene ring substituents is 1. The van der Waals surface area contributed by atoms with Gasteiger partial charge in [-0.25, -0.2) is 0 Å². The molecule has 0 atom stereocenters. The van der Waals surface area contributed by atoms with Crippen LogP contribution in [0.3, 0.4) is 0 Å². The summed E-state index contributed by atoms with van der Waals surface area (Å²) in [5, 5.41) is 13.7. The summed E-state index contributed by atoms with van der Waals surface area (Å²) in [6.45, 7) is 0.184. The van der Waals surface area contributed by atoms with Crippen LogP contribution < -0.4 is 11.1 Å². The number of rotatable bonds is 4. The monoisotopic (exact) mass is 305 g/mol. The number of anilines is 1. The molecule has 2 aromatic carbocycles. The number of nitrogens with one attached hydrogen (secondary N) is 1. The fraction of sp³-hybridized carbons (Fsp3) is 0.0714. The Bertz CT molecular complexity index is 704. The van der Waals surface area contributed by atoms with Crippen molar-refractivity contribution in [3.05, 3.63) is 68.7 Å². The van der Waals surface area contributed by atoms with E-state index in [2.05, 4.69) is 5.32 Å². The van der Waals surface area contributed by atoms with E-state index in [1.165, 1.54) is 18.2 Å². The summed E-state index contributed by atoms with van der Waals surface area (Å²) in [6, 6.07) is 10.6. The maximum absolute atomic E-state index is 12.0. The average molecular weight is 306 g/mol. The predicted octanol–water partition coefficient (Wildman–Crippen LogP) is 2.76. The summed E-state index contributed by atoms with van der Waals surface area (Å²) in [5.41, 5.74) is 6.95. The average Bonchev–Trinajstić information content (AvgIpc) is 2.48. The van der Waals surface area contributed by atoms with Crippen molar-refractivity contribution < 1.29 is 9.72 Å². The van der Waals surface area contributed by atoms with Crippen molar-refractivity contribution in [1.82, 2.24) is 5.32 Å². The Kier molecular flexibility index (Phi) is 4.39. The number of nitro benzene ring substituents is 1. The van der Waals surface area contributed by atoms with E-state index < -0.39 is 4.92 Å². The lowest BCUT2D eigenvalue weighted by atomic mass is 10.1. The highest BCUT2D eigenvalue weighted by Gasteiger charge is 2.09. The fourth-order valence-electron chi connectivity index (χ4n) is 1.75. The molecule has 2 rings (SSSR count). The lowest BCUT2D eigenvalue weighted by Gasteiger charge is -2.06. The van der Waals surface area contributed by atoms with E-state index in [4.69, 9.17) is 17.3 Å². The van der Waals surface area contributed by atoms with Crippen LogP contribution in [0.15, 0.2) is 42.5 Å². The van der Waals surface area contributed by atoms with E-state index in [9.17, 15) is 14.9 Å². The summed E-state index contributed by atoms with van der Waals surface area (Å²) < 4.78 is 0. The van der Waals surface area contributed by atoms with Gasteiger partial charge in [0.25, 0.3) is 11.6 Å². The molecule has 0 saturated heterocycles. The molecule has 0 aliphatic carbocycles. The molecule has 0 spiro atoms. The number of halogens is 1. The first-order valence-corrected chi connectivity index (χ1v) is 6.42. The number of hydrogen-bond acceptors (Lipinski definition) is 4. The number of nitrogen functional groups attached to an aromatic ring is 1. The molecule has 21 heavy (non-hydrogen) atoms. The quantitative estimate of drug-likeness (QED) is 0.515. The molecule has 0 aliphatic heterocycles. The summed E-state index contributed by atoms with van der Waals surface area (Å²) in [5.74, 6) is -0.329. The van der Waals surface area contributed by atoms with Crippen molar-refractivity contribution in [3.63, 3.8) is 0 Å². The number of nitrogens with zero attached hydrogens (tertiary/aromatic N) is 1. The van der Waals surface area contributed by atoms with Gasteiger partial charge in [0.05, 0.1) is 15.6 Å². The Hall–Kier alpha value is -2.60. The largest absolute Gasteiger partial charge is 0.398 e. The second-order valence-corrected chi connectivity index (χ2v) is 4.75. The van der Waals surface area contributed by atoms with Gasteiger partial charge < -0.3 is 11.1 Å². The van der Waals surface area contributed by atoms with Gasteiger partial charge in [0.1, 0.15) is 0 Å². The zero-order valence-electron chi connectivity index (χ0n) is 10.9. The second kappa shape index (κ2) is 6.23. The van der Waals surface area contributed by atoms with Crippen LogP contribution in [-0.4, -0.2) is 10.8 Å².